The van der Waals surface area contributed by atoms with Gasteiger partial charge in [0.1, 0.15) is 5.82 Å². The van der Waals surface area contributed by atoms with E-state index in [0.29, 0.717) is 0 Å². The highest BCUT2D eigenvalue weighted by atomic mass is 32.2. The molecule has 1 N–H and O–H groups in total. The molecule has 4 rings (SSSR count). The average Bonchev–Trinajstić information content (AvgIpc) is 2.90. The maximum atomic E-state index is 5.20. The molecule has 0 radical (unpaired) electrons. The van der Waals surface area contributed by atoms with E-state index in [9.17, 15) is 0 Å². The van der Waals surface area contributed by atoms with E-state index >= 15 is 0 Å². The molecule has 1 heterocycles. The van der Waals surface area contributed by atoms with Crippen molar-refractivity contribution in [2.45, 2.75) is 65.7 Å². The van der Waals surface area contributed by atoms with Crippen LogP contribution in [0.2, 0.25) is 0 Å². The highest BCUT2D eigenvalue weighted by molar-refractivity contribution is 8.03. The first kappa shape index (κ1) is 26.8. The molecule has 0 aromatic heterocycles. The maximum absolute atomic E-state index is 5.20. The number of aryl methyl sites for hydroxylation is 1. The Morgan fingerprint density at radius 2 is 1.54 bits per heavy atom. The Labute approximate surface area is 227 Å². The number of allylic oxidation sites excluding steroid dienone is 5. The van der Waals surface area contributed by atoms with Gasteiger partial charge in [0.25, 0.3) is 0 Å². The van der Waals surface area contributed by atoms with Crippen LogP contribution in [0, 0.1) is 6.92 Å². The molecule has 3 aromatic carbocycles. The first-order chi connectivity index (χ1) is 17.9. The molecular formula is C34H38N2S. The fourth-order valence-electron chi connectivity index (χ4n) is 4.53. The van der Waals surface area contributed by atoms with E-state index in [2.05, 4.69) is 126 Å². The van der Waals surface area contributed by atoms with E-state index in [4.69, 9.17) is 4.99 Å². The zero-order valence-electron chi connectivity index (χ0n) is 23.0. The lowest BCUT2D eigenvalue weighted by Crippen LogP contribution is -2.23. The molecule has 190 valence electrons. The van der Waals surface area contributed by atoms with Crippen LogP contribution in [-0.4, -0.2) is 5.71 Å². The van der Waals surface area contributed by atoms with Gasteiger partial charge < -0.3 is 5.32 Å². The van der Waals surface area contributed by atoms with Crippen LogP contribution in [0.1, 0.15) is 69.7 Å². The van der Waals surface area contributed by atoms with Crippen molar-refractivity contribution in [1.82, 2.24) is 5.32 Å². The summed E-state index contributed by atoms with van der Waals surface area (Å²) >= 11 is 1.86. The Balaban J connectivity index is 1.81. The minimum atomic E-state index is 0.825. The molecule has 0 bridgehead atoms. The molecule has 0 saturated carbocycles. The van der Waals surface area contributed by atoms with E-state index in [1.54, 1.807) is 0 Å². The van der Waals surface area contributed by atoms with Gasteiger partial charge in [-0.1, -0.05) is 103 Å². The number of nitrogens with one attached hydrogen (secondary N) is 1. The SMILES string of the molecule is CCCC1=C(c2ccc(C)c(SC(C)=C(C)C)c2)C(C)=N/C(=C(/Cc2ccccc2)c2ccccc2)N1. The zero-order valence-corrected chi connectivity index (χ0v) is 23.8. The Morgan fingerprint density at radius 1 is 0.865 bits per heavy atom. The minimum Gasteiger partial charge on any atom is -0.343 e. The molecule has 0 spiro atoms. The van der Waals surface area contributed by atoms with Crippen LogP contribution in [0.25, 0.3) is 11.1 Å². The summed E-state index contributed by atoms with van der Waals surface area (Å²) in [4.78, 5) is 7.86. The van der Waals surface area contributed by atoms with E-state index in [1.165, 1.54) is 54.5 Å². The molecule has 0 saturated heterocycles. The first-order valence-corrected chi connectivity index (χ1v) is 14.0. The van der Waals surface area contributed by atoms with Gasteiger partial charge in [-0.2, -0.15) is 0 Å². The fraction of sp³-hybridized carbons (Fsp3) is 0.265. The van der Waals surface area contributed by atoms with Crippen LogP contribution in [-0.2, 0) is 6.42 Å². The Bertz CT molecular complexity index is 1370. The third-order valence-electron chi connectivity index (χ3n) is 6.79. The largest absolute Gasteiger partial charge is 0.343 e. The molecule has 37 heavy (non-hydrogen) atoms. The second-order valence-corrected chi connectivity index (χ2v) is 11.2. The molecule has 0 fully saturated rings. The van der Waals surface area contributed by atoms with Gasteiger partial charge in [-0.25, -0.2) is 4.99 Å². The van der Waals surface area contributed by atoms with Crippen LogP contribution in [0.5, 0.6) is 0 Å². The van der Waals surface area contributed by atoms with Gasteiger partial charge >= 0.3 is 0 Å². The summed E-state index contributed by atoms with van der Waals surface area (Å²) < 4.78 is 0. The van der Waals surface area contributed by atoms with Crippen molar-refractivity contribution < 1.29 is 0 Å². The smallest absolute Gasteiger partial charge is 0.134 e. The van der Waals surface area contributed by atoms with E-state index < -0.39 is 0 Å². The van der Waals surface area contributed by atoms with Crippen molar-refractivity contribution in [3.8, 4) is 0 Å². The fourth-order valence-corrected chi connectivity index (χ4v) is 5.48. The number of hydrogen-bond acceptors (Lipinski definition) is 3. The number of thioether (sulfide) groups is 1. The van der Waals surface area contributed by atoms with Crippen LogP contribution in [0.4, 0.5) is 0 Å². The Hall–Kier alpha value is -3.30. The van der Waals surface area contributed by atoms with Crippen LogP contribution in [0.15, 0.2) is 111 Å². The van der Waals surface area contributed by atoms with Crippen molar-refractivity contribution in [3.63, 3.8) is 0 Å². The number of rotatable bonds is 8. The van der Waals surface area contributed by atoms with E-state index in [1.807, 2.05) is 11.8 Å². The lowest BCUT2D eigenvalue weighted by molar-refractivity contribution is 0.805. The monoisotopic (exact) mass is 506 g/mol. The van der Waals surface area contributed by atoms with Gasteiger partial charge in [0.2, 0.25) is 0 Å². The molecule has 0 aliphatic carbocycles. The van der Waals surface area contributed by atoms with Crippen LogP contribution >= 0.6 is 11.8 Å². The lowest BCUT2D eigenvalue weighted by Gasteiger charge is -2.26. The zero-order chi connectivity index (χ0) is 26.4. The molecule has 1 aliphatic heterocycles. The third kappa shape index (κ3) is 6.53. The van der Waals surface area contributed by atoms with Crippen LogP contribution < -0.4 is 5.32 Å². The standard InChI is InChI=1S/C34H38N2S/c1-7-14-31-33(29-20-19-24(4)32(22-29)37-26(6)23(2)3)25(5)35-34(36-31)30(28-17-12-9-13-18-28)21-27-15-10-8-11-16-27/h8-13,15-20,22,36H,7,14,21H2,1-6H3/b34-30+. The molecule has 0 atom stereocenters. The number of aliphatic imine (C=N–C) groups is 1. The maximum Gasteiger partial charge on any atom is 0.134 e. The summed E-state index contributed by atoms with van der Waals surface area (Å²) in [6.07, 6.45) is 2.87. The summed E-state index contributed by atoms with van der Waals surface area (Å²) in [5.41, 5.74) is 11.2. The van der Waals surface area contributed by atoms with E-state index in [-0.39, 0.29) is 0 Å². The Morgan fingerprint density at radius 3 is 2.19 bits per heavy atom. The van der Waals surface area contributed by atoms with Gasteiger partial charge in [0.05, 0.1) is 0 Å². The molecule has 2 nitrogen and oxygen atoms in total. The molecule has 3 aromatic rings. The predicted octanol–water partition coefficient (Wildman–Crippen LogP) is 9.59. The van der Waals surface area contributed by atoms with Crippen molar-refractivity contribution in [2.75, 3.05) is 0 Å². The topological polar surface area (TPSA) is 24.4 Å². The summed E-state index contributed by atoms with van der Waals surface area (Å²) in [5.74, 6) is 0.960. The van der Waals surface area contributed by atoms with Gasteiger partial charge in [-0.05, 0) is 74.3 Å². The van der Waals surface area contributed by atoms with Crippen molar-refractivity contribution in [2.24, 2.45) is 4.99 Å². The summed E-state index contributed by atoms with van der Waals surface area (Å²) in [7, 11) is 0. The molecule has 3 heteroatoms. The first-order valence-electron chi connectivity index (χ1n) is 13.2. The Kier molecular flexibility index (Phi) is 8.89. The van der Waals surface area contributed by atoms with Gasteiger partial charge in [-0.15, -0.1) is 0 Å². The van der Waals surface area contributed by atoms with Gasteiger partial charge in [0, 0.05) is 33.9 Å². The van der Waals surface area contributed by atoms with Crippen molar-refractivity contribution in [3.05, 3.63) is 123 Å². The van der Waals surface area contributed by atoms with Gasteiger partial charge in [-0.3, -0.25) is 0 Å². The van der Waals surface area contributed by atoms with Crippen molar-refractivity contribution >= 4 is 28.6 Å². The third-order valence-corrected chi connectivity index (χ3v) is 8.16. The lowest BCUT2D eigenvalue weighted by atomic mass is 9.93. The average molecular weight is 507 g/mol. The summed E-state index contributed by atoms with van der Waals surface area (Å²) in [6, 6.07) is 28.2. The normalized spacial score (nSPS) is 14.7. The molecule has 1 aliphatic rings. The predicted molar refractivity (Wildman–Crippen MR) is 163 cm³/mol. The number of nitrogens with zero attached hydrogens (tertiary/aromatic N) is 1. The second kappa shape index (κ2) is 12.3. The molecular weight excluding hydrogens is 468 g/mol. The van der Waals surface area contributed by atoms with E-state index in [0.717, 1.165) is 30.8 Å². The van der Waals surface area contributed by atoms with Crippen LogP contribution in [0.3, 0.4) is 0 Å². The molecule has 0 amide bonds. The van der Waals surface area contributed by atoms with Crippen molar-refractivity contribution in [1.29, 1.82) is 0 Å². The second-order valence-electron chi connectivity index (χ2n) is 9.92. The minimum absolute atomic E-state index is 0.825. The highest BCUT2D eigenvalue weighted by Gasteiger charge is 2.22. The number of benzene rings is 3. The highest BCUT2D eigenvalue weighted by Crippen LogP contribution is 2.36. The summed E-state index contributed by atoms with van der Waals surface area (Å²) in [5, 5.41) is 3.80. The van der Waals surface area contributed by atoms with Gasteiger partial charge in [0.15, 0.2) is 0 Å². The molecule has 0 unspecified atom stereocenters. The number of hydrogen-bond donors (Lipinski definition) is 1. The quantitative estimate of drug-likeness (QED) is 0.308. The summed E-state index contributed by atoms with van der Waals surface area (Å²) in [6.45, 7) is 13.2.